The van der Waals surface area contributed by atoms with Crippen LogP contribution in [0.2, 0.25) is 0 Å². The Bertz CT molecular complexity index is 424. The van der Waals surface area contributed by atoms with Crippen molar-refractivity contribution in [1.29, 1.82) is 0 Å². The Balaban J connectivity index is 0.00000324. The van der Waals surface area contributed by atoms with Crippen molar-refractivity contribution in [1.82, 2.24) is 10.6 Å². The van der Waals surface area contributed by atoms with Gasteiger partial charge >= 0.3 is 0 Å². The van der Waals surface area contributed by atoms with Crippen molar-refractivity contribution in [2.75, 3.05) is 13.1 Å². The van der Waals surface area contributed by atoms with Gasteiger partial charge < -0.3 is 16.4 Å². The van der Waals surface area contributed by atoms with Gasteiger partial charge in [-0.25, -0.2) is 0 Å². The summed E-state index contributed by atoms with van der Waals surface area (Å²) in [7, 11) is 0. The lowest BCUT2D eigenvalue weighted by Crippen LogP contribution is -2.39. The molecule has 0 fully saturated rings. The predicted octanol–water partition coefficient (Wildman–Crippen LogP) is 0.362. The van der Waals surface area contributed by atoms with Gasteiger partial charge in [0.2, 0.25) is 11.8 Å². The molecule has 0 aliphatic carbocycles. The highest BCUT2D eigenvalue weighted by Gasteiger charge is 2.05. The number of rotatable bonds is 6. The summed E-state index contributed by atoms with van der Waals surface area (Å²) in [4.78, 5) is 22.3. The molecule has 1 rings (SSSR count). The van der Waals surface area contributed by atoms with Crippen molar-refractivity contribution in [3.8, 4) is 0 Å². The van der Waals surface area contributed by atoms with E-state index in [-0.39, 0.29) is 37.3 Å². The van der Waals surface area contributed by atoms with Gasteiger partial charge in [0.25, 0.3) is 0 Å². The number of carbonyl (C=O) groups excluding carboxylic acids is 2. The lowest BCUT2D eigenvalue weighted by atomic mass is 10.1. The minimum absolute atomic E-state index is 0. The molecule has 1 aromatic rings. The molecule has 19 heavy (non-hydrogen) atoms. The molecule has 0 aromatic heterocycles. The van der Waals surface area contributed by atoms with Crippen LogP contribution in [0.25, 0.3) is 0 Å². The molecule has 106 valence electrons. The molecule has 0 atom stereocenters. The molecule has 0 heterocycles. The van der Waals surface area contributed by atoms with Gasteiger partial charge in [-0.3, -0.25) is 9.59 Å². The van der Waals surface area contributed by atoms with E-state index in [1.807, 2.05) is 24.3 Å². The number of halogens is 1. The number of benzene rings is 1. The number of aryl methyl sites for hydroxylation is 1. The molecule has 0 radical (unpaired) electrons. The topological polar surface area (TPSA) is 84.2 Å². The minimum Gasteiger partial charge on any atom is -0.350 e. The van der Waals surface area contributed by atoms with Crippen LogP contribution < -0.4 is 16.4 Å². The molecule has 0 aliphatic rings. The van der Waals surface area contributed by atoms with Gasteiger partial charge in [0, 0.05) is 6.54 Å². The zero-order valence-electron chi connectivity index (χ0n) is 10.9. The highest BCUT2D eigenvalue weighted by Crippen LogP contribution is 2.08. The second-order valence-electron chi connectivity index (χ2n) is 3.88. The average Bonchev–Trinajstić information content (AvgIpc) is 2.42. The van der Waals surface area contributed by atoms with Gasteiger partial charge in [0.15, 0.2) is 0 Å². The van der Waals surface area contributed by atoms with E-state index >= 15 is 0 Å². The van der Waals surface area contributed by atoms with E-state index in [1.165, 1.54) is 5.56 Å². The van der Waals surface area contributed by atoms with Crippen molar-refractivity contribution < 1.29 is 9.59 Å². The van der Waals surface area contributed by atoms with Crippen LogP contribution in [-0.2, 0) is 22.6 Å². The number of hydrogen-bond donors (Lipinski definition) is 3. The molecule has 0 spiro atoms. The van der Waals surface area contributed by atoms with Crippen LogP contribution in [0.4, 0.5) is 0 Å². The fraction of sp³-hybridized carbons (Fsp3) is 0.385. The fourth-order valence-electron chi connectivity index (χ4n) is 1.58. The van der Waals surface area contributed by atoms with E-state index in [0.29, 0.717) is 6.54 Å². The van der Waals surface area contributed by atoms with E-state index in [4.69, 9.17) is 5.73 Å². The second-order valence-corrected chi connectivity index (χ2v) is 3.88. The lowest BCUT2D eigenvalue weighted by Gasteiger charge is -2.09. The van der Waals surface area contributed by atoms with Gasteiger partial charge in [-0.1, -0.05) is 31.2 Å². The highest BCUT2D eigenvalue weighted by atomic mass is 35.5. The smallest absolute Gasteiger partial charge is 0.239 e. The van der Waals surface area contributed by atoms with Crippen molar-refractivity contribution in [3.05, 3.63) is 35.4 Å². The molecule has 0 aliphatic heterocycles. The number of nitrogens with two attached hydrogens (primary N) is 1. The van der Waals surface area contributed by atoms with E-state index in [0.717, 1.165) is 12.0 Å². The van der Waals surface area contributed by atoms with Gasteiger partial charge in [-0.2, -0.15) is 0 Å². The molecule has 0 saturated carbocycles. The molecule has 5 nitrogen and oxygen atoms in total. The molecule has 4 N–H and O–H groups in total. The third-order valence-corrected chi connectivity index (χ3v) is 2.61. The number of hydrogen-bond acceptors (Lipinski definition) is 3. The van der Waals surface area contributed by atoms with Crippen molar-refractivity contribution in [2.24, 2.45) is 5.73 Å². The monoisotopic (exact) mass is 285 g/mol. The van der Waals surface area contributed by atoms with Crippen LogP contribution in [0.1, 0.15) is 18.1 Å². The summed E-state index contributed by atoms with van der Waals surface area (Å²) in [6, 6.07) is 7.94. The summed E-state index contributed by atoms with van der Waals surface area (Å²) in [6.45, 7) is 2.40. The van der Waals surface area contributed by atoms with Crippen molar-refractivity contribution in [2.45, 2.75) is 19.9 Å². The van der Waals surface area contributed by atoms with E-state index in [2.05, 4.69) is 17.6 Å². The van der Waals surface area contributed by atoms with Gasteiger partial charge in [0.05, 0.1) is 13.1 Å². The predicted molar refractivity (Wildman–Crippen MR) is 77.0 cm³/mol. The maximum Gasteiger partial charge on any atom is 0.239 e. The Hall–Kier alpha value is -1.59. The van der Waals surface area contributed by atoms with Gasteiger partial charge in [-0.05, 0) is 17.5 Å². The Morgan fingerprint density at radius 3 is 2.32 bits per heavy atom. The third kappa shape index (κ3) is 6.22. The molecular weight excluding hydrogens is 266 g/mol. The van der Waals surface area contributed by atoms with E-state index in [1.54, 1.807) is 0 Å². The average molecular weight is 286 g/mol. The molecule has 0 saturated heterocycles. The zero-order chi connectivity index (χ0) is 13.4. The maximum atomic E-state index is 11.5. The maximum absolute atomic E-state index is 11.5. The quantitative estimate of drug-likeness (QED) is 0.706. The third-order valence-electron chi connectivity index (χ3n) is 2.61. The standard InChI is InChI=1S/C13H19N3O2.ClH/c1-2-10-5-3-4-6-11(10)8-15-13(18)9-16-12(17)7-14;/h3-6H,2,7-9,14H2,1H3,(H,15,18)(H,16,17);1H. The van der Waals surface area contributed by atoms with Crippen LogP contribution in [0.5, 0.6) is 0 Å². The Labute approximate surface area is 119 Å². The Morgan fingerprint density at radius 1 is 1.11 bits per heavy atom. The highest BCUT2D eigenvalue weighted by molar-refractivity contribution is 5.85. The molecule has 0 bridgehead atoms. The molecule has 2 amide bonds. The van der Waals surface area contributed by atoms with Gasteiger partial charge in [-0.15, -0.1) is 12.4 Å². The first-order valence-corrected chi connectivity index (χ1v) is 5.97. The van der Waals surface area contributed by atoms with Crippen LogP contribution in [0, 0.1) is 0 Å². The Morgan fingerprint density at radius 2 is 1.74 bits per heavy atom. The zero-order valence-corrected chi connectivity index (χ0v) is 11.8. The SMILES string of the molecule is CCc1ccccc1CNC(=O)CNC(=O)CN.Cl. The first-order valence-electron chi connectivity index (χ1n) is 5.97. The Kier molecular flexibility index (Phi) is 8.57. The number of nitrogens with one attached hydrogen (secondary N) is 2. The second kappa shape index (κ2) is 9.35. The lowest BCUT2D eigenvalue weighted by molar-refractivity contribution is -0.125. The van der Waals surface area contributed by atoms with E-state index in [9.17, 15) is 9.59 Å². The number of carbonyl (C=O) groups is 2. The summed E-state index contributed by atoms with van der Waals surface area (Å²) in [5, 5.41) is 5.18. The first-order chi connectivity index (χ1) is 8.67. The molecule has 1 aromatic carbocycles. The van der Waals surface area contributed by atoms with Crippen molar-refractivity contribution >= 4 is 24.2 Å². The van der Waals surface area contributed by atoms with Crippen LogP contribution in [-0.4, -0.2) is 24.9 Å². The summed E-state index contributed by atoms with van der Waals surface area (Å²) in [5.41, 5.74) is 7.43. The summed E-state index contributed by atoms with van der Waals surface area (Å²) < 4.78 is 0. The normalized spacial score (nSPS) is 9.37. The summed E-state index contributed by atoms with van der Waals surface area (Å²) in [5.74, 6) is -0.554. The van der Waals surface area contributed by atoms with Crippen LogP contribution in [0.15, 0.2) is 24.3 Å². The first kappa shape index (κ1) is 17.4. The van der Waals surface area contributed by atoms with Gasteiger partial charge in [0.1, 0.15) is 0 Å². The van der Waals surface area contributed by atoms with Crippen molar-refractivity contribution in [3.63, 3.8) is 0 Å². The fourth-order valence-corrected chi connectivity index (χ4v) is 1.58. The van der Waals surface area contributed by atoms with Crippen LogP contribution in [0.3, 0.4) is 0 Å². The molecular formula is C13H20ClN3O2. The largest absolute Gasteiger partial charge is 0.350 e. The summed E-state index contributed by atoms with van der Waals surface area (Å²) in [6.07, 6.45) is 0.927. The minimum atomic E-state index is -0.334. The van der Waals surface area contributed by atoms with Crippen LogP contribution >= 0.6 is 12.4 Å². The summed E-state index contributed by atoms with van der Waals surface area (Å²) >= 11 is 0. The van der Waals surface area contributed by atoms with E-state index < -0.39 is 0 Å². The number of amides is 2. The molecule has 0 unspecified atom stereocenters. The molecule has 6 heteroatoms.